The van der Waals surface area contributed by atoms with E-state index in [-0.39, 0.29) is 6.67 Å². The highest BCUT2D eigenvalue weighted by Crippen LogP contribution is 2.30. The Balaban J connectivity index is 2.02. The number of fused-ring (bicyclic) bond motifs is 1. The molecule has 1 aromatic carbocycles. The number of carbonyl (C=O) groups is 1. The van der Waals surface area contributed by atoms with Crippen LogP contribution in [0, 0.1) is 0 Å². The van der Waals surface area contributed by atoms with E-state index in [1.165, 1.54) is 0 Å². The van der Waals surface area contributed by atoms with Gasteiger partial charge in [-0.2, -0.15) is 13.2 Å². The molecule has 18 heavy (non-hydrogen) atoms. The van der Waals surface area contributed by atoms with Crippen LogP contribution >= 0.6 is 0 Å². The van der Waals surface area contributed by atoms with Crippen molar-refractivity contribution in [3.8, 4) is 5.75 Å². The average molecular weight is 260 g/mol. The van der Waals surface area contributed by atoms with E-state index < -0.39 is 12.1 Å². The maximum atomic E-state index is 12.0. The monoisotopic (exact) mass is 260 g/mol. The van der Waals surface area contributed by atoms with E-state index in [0.717, 1.165) is 0 Å². The number of amides is 1. The molecule has 7 heteroatoms. The molecule has 0 aliphatic carbocycles. The first-order valence-corrected chi connectivity index (χ1v) is 5.30. The zero-order valence-electron chi connectivity index (χ0n) is 9.33. The van der Waals surface area contributed by atoms with Gasteiger partial charge < -0.3 is 15.0 Å². The molecule has 0 unspecified atom stereocenters. The van der Waals surface area contributed by atoms with Gasteiger partial charge in [-0.25, -0.2) is 0 Å². The second-order valence-electron chi connectivity index (χ2n) is 3.74. The third kappa shape index (κ3) is 2.66. The zero-order chi connectivity index (χ0) is 13.2. The lowest BCUT2D eigenvalue weighted by Gasteiger charge is -2.31. The van der Waals surface area contributed by atoms with Gasteiger partial charge in [-0.3, -0.25) is 4.79 Å². The molecule has 1 aliphatic heterocycles. The highest BCUT2D eigenvalue weighted by molar-refractivity contribution is 5.82. The molecular formula is C11H11F3N2O2. The molecule has 0 fully saturated rings. The molecule has 0 bridgehead atoms. The molecule has 0 aromatic heterocycles. The minimum atomic E-state index is -4.86. The summed E-state index contributed by atoms with van der Waals surface area (Å²) in [5.74, 6) is -1.34. The van der Waals surface area contributed by atoms with Crippen molar-refractivity contribution < 1.29 is 22.7 Å². The number of para-hydroxylation sites is 2. The van der Waals surface area contributed by atoms with Crippen molar-refractivity contribution in [1.29, 1.82) is 0 Å². The Morgan fingerprint density at radius 2 is 2.11 bits per heavy atom. The van der Waals surface area contributed by atoms with Crippen molar-refractivity contribution in [3.63, 3.8) is 0 Å². The fourth-order valence-corrected chi connectivity index (χ4v) is 1.66. The number of carbonyl (C=O) groups excluding carboxylic acids is 1. The van der Waals surface area contributed by atoms with Gasteiger partial charge in [-0.05, 0) is 12.1 Å². The molecule has 0 saturated heterocycles. The molecule has 0 radical (unpaired) electrons. The van der Waals surface area contributed by atoms with Gasteiger partial charge in [0.2, 0.25) is 0 Å². The van der Waals surface area contributed by atoms with Crippen LogP contribution in [0.1, 0.15) is 0 Å². The fourth-order valence-electron chi connectivity index (χ4n) is 1.66. The molecule has 1 amide bonds. The first kappa shape index (κ1) is 12.5. The van der Waals surface area contributed by atoms with Crippen LogP contribution in [-0.4, -0.2) is 31.9 Å². The summed E-state index contributed by atoms with van der Waals surface area (Å²) >= 11 is 0. The first-order chi connectivity index (χ1) is 8.48. The molecule has 4 nitrogen and oxygen atoms in total. The molecule has 0 atom stereocenters. The van der Waals surface area contributed by atoms with Gasteiger partial charge in [-0.1, -0.05) is 12.1 Å². The summed E-state index contributed by atoms with van der Waals surface area (Å²) in [5.41, 5.74) is 0.672. The molecule has 1 aliphatic rings. The summed E-state index contributed by atoms with van der Waals surface area (Å²) in [6.45, 7) is 0.604. The van der Waals surface area contributed by atoms with Crippen molar-refractivity contribution in [2.45, 2.75) is 6.18 Å². The normalized spacial score (nSPS) is 14.7. The molecule has 0 saturated carbocycles. The van der Waals surface area contributed by atoms with E-state index in [0.29, 0.717) is 24.6 Å². The topological polar surface area (TPSA) is 41.6 Å². The van der Waals surface area contributed by atoms with Crippen molar-refractivity contribution in [3.05, 3.63) is 24.3 Å². The summed E-state index contributed by atoms with van der Waals surface area (Å²) < 4.78 is 41.5. The van der Waals surface area contributed by atoms with E-state index >= 15 is 0 Å². The first-order valence-electron chi connectivity index (χ1n) is 5.30. The molecular weight excluding hydrogens is 249 g/mol. The van der Waals surface area contributed by atoms with Crippen LogP contribution in [0.4, 0.5) is 18.9 Å². The number of rotatable bonds is 2. The lowest BCUT2D eigenvalue weighted by Crippen LogP contribution is -2.46. The largest absolute Gasteiger partial charge is 0.490 e. The summed E-state index contributed by atoms with van der Waals surface area (Å²) in [7, 11) is 0. The predicted octanol–water partition coefficient (Wildman–Crippen LogP) is 1.52. The minimum absolute atomic E-state index is 0.196. The highest BCUT2D eigenvalue weighted by Gasteiger charge is 2.38. The van der Waals surface area contributed by atoms with Gasteiger partial charge >= 0.3 is 12.1 Å². The van der Waals surface area contributed by atoms with E-state index in [1.54, 1.807) is 29.2 Å². The number of ether oxygens (including phenoxy) is 1. The minimum Gasteiger partial charge on any atom is -0.490 e. The standard InChI is InChI=1S/C11H11F3N2O2/c12-11(13,14)10(17)15-7-16-5-6-18-9-4-2-1-3-8(9)16/h1-4H,5-7H2,(H,15,17). The van der Waals surface area contributed by atoms with Crippen molar-refractivity contribution in [2.24, 2.45) is 0 Å². The summed E-state index contributed by atoms with van der Waals surface area (Å²) in [4.78, 5) is 12.4. The van der Waals surface area contributed by atoms with Crippen molar-refractivity contribution in [2.75, 3.05) is 24.7 Å². The van der Waals surface area contributed by atoms with Crippen molar-refractivity contribution >= 4 is 11.6 Å². The molecule has 1 aromatic rings. The summed E-state index contributed by atoms with van der Waals surface area (Å²) in [6, 6.07) is 6.99. The van der Waals surface area contributed by atoms with Gasteiger partial charge in [0.15, 0.2) is 0 Å². The van der Waals surface area contributed by atoms with E-state index in [1.807, 2.05) is 5.32 Å². The quantitative estimate of drug-likeness (QED) is 0.876. The number of nitrogens with zero attached hydrogens (tertiary/aromatic N) is 1. The summed E-state index contributed by atoms with van der Waals surface area (Å²) in [6.07, 6.45) is -4.86. The Bertz CT molecular complexity index is 448. The second kappa shape index (κ2) is 4.75. The van der Waals surface area contributed by atoms with E-state index in [4.69, 9.17) is 4.74 Å². The van der Waals surface area contributed by atoms with Crippen LogP contribution in [0.3, 0.4) is 0 Å². The molecule has 1 heterocycles. The van der Waals surface area contributed by atoms with Gasteiger partial charge in [0.25, 0.3) is 0 Å². The Morgan fingerprint density at radius 1 is 1.39 bits per heavy atom. The maximum Gasteiger partial charge on any atom is 0.471 e. The lowest BCUT2D eigenvalue weighted by atomic mass is 10.2. The number of nitrogens with one attached hydrogen (secondary N) is 1. The Labute approximate surface area is 101 Å². The number of hydrogen-bond donors (Lipinski definition) is 1. The Morgan fingerprint density at radius 3 is 2.83 bits per heavy atom. The van der Waals surface area contributed by atoms with Crippen LogP contribution in [0.25, 0.3) is 0 Å². The summed E-state index contributed by atoms with van der Waals surface area (Å²) in [5, 5.41) is 1.84. The average Bonchev–Trinajstić information content (AvgIpc) is 2.34. The Hall–Kier alpha value is -1.92. The second-order valence-corrected chi connectivity index (χ2v) is 3.74. The number of hydrogen-bond acceptors (Lipinski definition) is 3. The van der Waals surface area contributed by atoms with Crippen molar-refractivity contribution in [1.82, 2.24) is 5.32 Å². The van der Waals surface area contributed by atoms with Gasteiger partial charge in [0.05, 0.1) is 18.9 Å². The van der Waals surface area contributed by atoms with Gasteiger partial charge in [-0.15, -0.1) is 0 Å². The maximum absolute atomic E-state index is 12.0. The number of benzene rings is 1. The smallest absolute Gasteiger partial charge is 0.471 e. The predicted molar refractivity (Wildman–Crippen MR) is 58.3 cm³/mol. The van der Waals surface area contributed by atoms with Gasteiger partial charge in [0.1, 0.15) is 12.4 Å². The van der Waals surface area contributed by atoms with Gasteiger partial charge in [0, 0.05) is 0 Å². The zero-order valence-corrected chi connectivity index (χ0v) is 9.33. The van der Waals surface area contributed by atoms with Crippen LogP contribution in [0.5, 0.6) is 5.75 Å². The SMILES string of the molecule is O=C(NCN1CCOc2ccccc21)C(F)(F)F. The van der Waals surface area contributed by atoms with E-state index in [2.05, 4.69) is 0 Å². The van der Waals surface area contributed by atoms with E-state index in [9.17, 15) is 18.0 Å². The number of anilines is 1. The number of alkyl halides is 3. The van der Waals surface area contributed by atoms with Crippen LogP contribution in [-0.2, 0) is 4.79 Å². The fraction of sp³-hybridized carbons (Fsp3) is 0.364. The Kier molecular flexibility index (Phi) is 3.31. The van der Waals surface area contributed by atoms with Crippen LogP contribution in [0.2, 0.25) is 0 Å². The third-order valence-corrected chi connectivity index (χ3v) is 2.51. The molecule has 98 valence electrons. The number of halogens is 3. The third-order valence-electron chi connectivity index (χ3n) is 2.51. The molecule has 1 N–H and O–H groups in total. The lowest BCUT2D eigenvalue weighted by molar-refractivity contribution is -0.173. The van der Waals surface area contributed by atoms with Crippen LogP contribution < -0.4 is 15.0 Å². The highest BCUT2D eigenvalue weighted by atomic mass is 19.4. The molecule has 0 spiro atoms. The van der Waals surface area contributed by atoms with Crippen LogP contribution in [0.15, 0.2) is 24.3 Å². The molecule has 2 rings (SSSR count).